The molecule has 1 fully saturated rings. The number of nitrogens with two attached hydrogens (primary N) is 1. The van der Waals surface area contributed by atoms with Crippen LogP contribution in [0.5, 0.6) is 0 Å². The molecule has 1 aliphatic rings. The lowest BCUT2D eigenvalue weighted by Gasteiger charge is -2.28. The summed E-state index contributed by atoms with van der Waals surface area (Å²) in [6, 6.07) is 1.58. The summed E-state index contributed by atoms with van der Waals surface area (Å²) in [4.78, 5) is 12.0. The number of carbonyl (C=O) groups is 1. The molecule has 1 unspecified atom stereocenters. The minimum absolute atomic E-state index is 0.129. The average Bonchev–Trinajstić information content (AvgIpc) is 2.43. The highest BCUT2D eigenvalue weighted by molar-refractivity contribution is 5.95. The molecule has 0 aliphatic carbocycles. The lowest BCUT2D eigenvalue weighted by Crippen LogP contribution is -2.40. The van der Waals surface area contributed by atoms with E-state index in [2.05, 4.69) is 5.32 Å². The monoisotopic (exact) mass is 284 g/mol. The number of benzene rings is 1. The first-order valence-electron chi connectivity index (χ1n) is 6.62. The summed E-state index contributed by atoms with van der Waals surface area (Å²) in [5.74, 6) is -1.98. The van der Waals surface area contributed by atoms with Gasteiger partial charge in [-0.05, 0) is 37.8 Å². The number of nitrogens with one attached hydrogen (secondary N) is 1. The fraction of sp³-hybridized carbons (Fsp3) is 0.500. The Morgan fingerprint density at radius 1 is 1.40 bits per heavy atom. The molecule has 0 saturated carbocycles. The van der Waals surface area contributed by atoms with Crippen molar-refractivity contribution in [2.24, 2.45) is 5.92 Å². The van der Waals surface area contributed by atoms with E-state index >= 15 is 0 Å². The molecule has 6 heteroatoms. The highest BCUT2D eigenvalue weighted by atomic mass is 19.1. The van der Waals surface area contributed by atoms with Crippen molar-refractivity contribution >= 4 is 11.6 Å². The van der Waals surface area contributed by atoms with Crippen molar-refractivity contribution in [3.05, 3.63) is 29.3 Å². The number of halogens is 2. The van der Waals surface area contributed by atoms with E-state index in [4.69, 9.17) is 10.5 Å². The van der Waals surface area contributed by atoms with Gasteiger partial charge in [-0.15, -0.1) is 0 Å². The van der Waals surface area contributed by atoms with Crippen molar-refractivity contribution in [2.45, 2.75) is 25.8 Å². The Balaban J connectivity index is 2.08. The number of rotatable bonds is 3. The molecule has 1 aliphatic heterocycles. The molecule has 2 rings (SSSR count). The number of anilines is 1. The van der Waals surface area contributed by atoms with Crippen LogP contribution in [0.2, 0.25) is 0 Å². The van der Waals surface area contributed by atoms with Gasteiger partial charge in [-0.25, -0.2) is 8.78 Å². The summed E-state index contributed by atoms with van der Waals surface area (Å²) >= 11 is 0. The quantitative estimate of drug-likeness (QED) is 0.835. The fourth-order valence-electron chi connectivity index (χ4n) is 2.39. The maximum Gasteiger partial charge on any atom is 0.254 e. The number of hydrogen-bond donors (Lipinski definition) is 2. The molecule has 1 amide bonds. The summed E-state index contributed by atoms with van der Waals surface area (Å²) in [5, 5.41) is 2.70. The van der Waals surface area contributed by atoms with Crippen LogP contribution in [0.4, 0.5) is 14.5 Å². The Morgan fingerprint density at radius 3 is 2.70 bits per heavy atom. The first-order valence-corrected chi connectivity index (χ1v) is 6.62. The molecule has 1 heterocycles. The zero-order valence-electron chi connectivity index (χ0n) is 11.3. The van der Waals surface area contributed by atoms with Gasteiger partial charge in [-0.3, -0.25) is 4.79 Å². The van der Waals surface area contributed by atoms with Gasteiger partial charge in [-0.2, -0.15) is 0 Å². The van der Waals surface area contributed by atoms with Gasteiger partial charge in [0.1, 0.15) is 5.82 Å². The SMILES string of the molecule is CC(NC(=O)c1cc(F)cc(N)c1F)C1CCOCC1. The lowest BCUT2D eigenvalue weighted by atomic mass is 9.92. The third-order valence-electron chi connectivity index (χ3n) is 3.64. The van der Waals surface area contributed by atoms with Crippen molar-refractivity contribution in [3.8, 4) is 0 Å². The normalized spacial score (nSPS) is 17.8. The molecule has 1 saturated heterocycles. The van der Waals surface area contributed by atoms with Gasteiger partial charge < -0.3 is 15.8 Å². The molecule has 0 spiro atoms. The van der Waals surface area contributed by atoms with Crippen LogP contribution in [0.25, 0.3) is 0 Å². The molecule has 110 valence electrons. The van der Waals surface area contributed by atoms with Gasteiger partial charge in [0.15, 0.2) is 5.82 Å². The molecule has 1 atom stereocenters. The largest absolute Gasteiger partial charge is 0.396 e. The summed E-state index contributed by atoms with van der Waals surface area (Å²) in [5.41, 5.74) is 4.59. The number of nitrogen functional groups attached to an aromatic ring is 1. The fourth-order valence-corrected chi connectivity index (χ4v) is 2.39. The second kappa shape index (κ2) is 6.17. The van der Waals surface area contributed by atoms with E-state index in [1.54, 1.807) is 0 Å². The van der Waals surface area contributed by atoms with Crippen molar-refractivity contribution < 1.29 is 18.3 Å². The van der Waals surface area contributed by atoms with E-state index in [1.165, 1.54) is 0 Å². The van der Waals surface area contributed by atoms with E-state index in [0.717, 1.165) is 25.0 Å². The molecular formula is C14H18F2N2O2. The van der Waals surface area contributed by atoms with Gasteiger partial charge >= 0.3 is 0 Å². The molecule has 3 N–H and O–H groups in total. The van der Waals surface area contributed by atoms with E-state index in [0.29, 0.717) is 13.2 Å². The van der Waals surface area contributed by atoms with Crippen LogP contribution in [0.15, 0.2) is 12.1 Å². The summed E-state index contributed by atoms with van der Waals surface area (Å²) in [6.45, 7) is 3.17. The highest BCUT2D eigenvalue weighted by Crippen LogP contribution is 2.21. The maximum absolute atomic E-state index is 13.8. The van der Waals surface area contributed by atoms with Gasteiger partial charge in [0.25, 0.3) is 5.91 Å². The molecule has 0 radical (unpaired) electrons. The van der Waals surface area contributed by atoms with E-state index in [1.807, 2.05) is 6.92 Å². The standard InChI is InChI=1S/C14H18F2N2O2/c1-8(9-2-4-20-5-3-9)18-14(19)11-6-10(15)7-12(17)13(11)16/h6-9H,2-5,17H2,1H3,(H,18,19). The Bertz CT molecular complexity index is 502. The predicted molar refractivity (Wildman–Crippen MR) is 71.2 cm³/mol. The van der Waals surface area contributed by atoms with Gasteiger partial charge in [0, 0.05) is 19.3 Å². The summed E-state index contributed by atoms with van der Waals surface area (Å²) < 4.78 is 32.2. The third-order valence-corrected chi connectivity index (χ3v) is 3.64. The zero-order chi connectivity index (χ0) is 14.7. The van der Waals surface area contributed by atoms with Crippen LogP contribution >= 0.6 is 0 Å². The molecule has 20 heavy (non-hydrogen) atoms. The lowest BCUT2D eigenvalue weighted by molar-refractivity contribution is 0.0537. The van der Waals surface area contributed by atoms with E-state index in [-0.39, 0.29) is 23.2 Å². The van der Waals surface area contributed by atoms with Crippen LogP contribution < -0.4 is 11.1 Å². The van der Waals surface area contributed by atoms with Crippen LogP contribution in [-0.4, -0.2) is 25.2 Å². The first kappa shape index (κ1) is 14.7. The van der Waals surface area contributed by atoms with Crippen LogP contribution in [-0.2, 0) is 4.74 Å². The van der Waals surface area contributed by atoms with Crippen molar-refractivity contribution in [3.63, 3.8) is 0 Å². The molecule has 4 nitrogen and oxygen atoms in total. The van der Waals surface area contributed by atoms with E-state index < -0.39 is 17.5 Å². The number of amides is 1. The molecule has 1 aromatic carbocycles. The third kappa shape index (κ3) is 3.25. The first-order chi connectivity index (χ1) is 9.49. The van der Waals surface area contributed by atoms with Crippen LogP contribution in [0.1, 0.15) is 30.1 Å². The summed E-state index contributed by atoms with van der Waals surface area (Å²) in [6.07, 6.45) is 1.68. The Morgan fingerprint density at radius 2 is 2.05 bits per heavy atom. The smallest absolute Gasteiger partial charge is 0.254 e. The predicted octanol–water partition coefficient (Wildman–Crippen LogP) is 2.09. The topological polar surface area (TPSA) is 64.4 Å². The van der Waals surface area contributed by atoms with Crippen molar-refractivity contribution in [1.82, 2.24) is 5.32 Å². The number of hydrogen-bond acceptors (Lipinski definition) is 3. The van der Waals surface area contributed by atoms with E-state index in [9.17, 15) is 13.6 Å². The Labute approximate surface area is 116 Å². The Kier molecular flexibility index (Phi) is 4.54. The van der Waals surface area contributed by atoms with Gasteiger partial charge in [0.2, 0.25) is 0 Å². The van der Waals surface area contributed by atoms with Gasteiger partial charge in [-0.1, -0.05) is 0 Å². The second-order valence-corrected chi connectivity index (χ2v) is 5.07. The zero-order valence-corrected chi connectivity index (χ0v) is 11.3. The van der Waals surface area contributed by atoms with Crippen LogP contribution in [0.3, 0.4) is 0 Å². The minimum Gasteiger partial charge on any atom is -0.396 e. The number of ether oxygens (including phenoxy) is 1. The molecule has 0 aromatic heterocycles. The Hall–Kier alpha value is -1.69. The number of carbonyl (C=O) groups excluding carboxylic acids is 1. The molecular weight excluding hydrogens is 266 g/mol. The minimum atomic E-state index is -0.886. The van der Waals surface area contributed by atoms with Crippen molar-refractivity contribution in [2.75, 3.05) is 18.9 Å². The van der Waals surface area contributed by atoms with Crippen LogP contribution in [0, 0.1) is 17.6 Å². The van der Waals surface area contributed by atoms with Gasteiger partial charge in [0.05, 0.1) is 11.3 Å². The van der Waals surface area contributed by atoms with Crippen molar-refractivity contribution in [1.29, 1.82) is 0 Å². The second-order valence-electron chi connectivity index (χ2n) is 5.07. The maximum atomic E-state index is 13.8. The molecule has 0 bridgehead atoms. The molecule has 1 aromatic rings. The average molecular weight is 284 g/mol. The highest BCUT2D eigenvalue weighted by Gasteiger charge is 2.24. The summed E-state index contributed by atoms with van der Waals surface area (Å²) in [7, 11) is 0.